The molecule has 5 nitrogen and oxygen atoms in total. The molecule has 1 N–H and O–H groups in total. The molecule has 0 radical (unpaired) electrons. The summed E-state index contributed by atoms with van der Waals surface area (Å²) in [5.74, 6) is -0.302. The van der Waals surface area contributed by atoms with Crippen LogP contribution in [0.2, 0.25) is 0 Å². The molecule has 0 aliphatic heterocycles. The third-order valence-corrected chi connectivity index (χ3v) is 3.54. The molecule has 25 heavy (non-hydrogen) atoms. The number of carbonyl (C=O) groups excluding carboxylic acids is 1. The summed E-state index contributed by atoms with van der Waals surface area (Å²) >= 11 is 0. The van der Waals surface area contributed by atoms with E-state index in [-0.39, 0.29) is 36.4 Å². The maximum Gasteiger partial charge on any atom is 0.246 e. The Morgan fingerprint density at radius 2 is 1.88 bits per heavy atom. The molecule has 0 bridgehead atoms. The van der Waals surface area contributed by atoms with E-state index >= 15 is 0 Å². The summed E-state index contributed by atoms with van der Waals surface area (Å²) in [5, 5.41) is 6.46. The highest BCUT2D eigenvalue weighted by Crippen LogP contribution is 2.16. The van der Waals surface area contributed by atoms with Gasteiger partial charge in [0.15, 0.2) is 0 Å². The second kappa shape index (κ2) is 7.65. The van der Waals surface area contributed by atoms with Gasteiger partial charge >= 0.3 is 0 Å². The number of nitrogens with one attached hydrogen (secondary N) is 1. The van der Waals surface area contributed by atoms with E-state index in [1.54, 1.807) is 24.3 Å². The van der Waals surface area contributed by atoms with Crippen molar-refractivity contribution in [1.82, 2.24) is 15.5 Å². The summed E-state index contributed by atoms with van der Waals surface area (Å²) in [6.07, 6.45) is 0.663. The quantitative estimate of drug-likeness (QED) is 0.746. The lowest BCUT2D eigenvalue weighted by molar-refractivity contribution is -0.121. The molecule has 0 saturated heterocycles. The minimum atomic E-state index is -0.349. The highest BCUT2D eigenvalue weighted by Gasteiger charge is 2.10. The van der Waals surface area contributed by atoms with Gasteiger partial charge in [0.2, 0.25) is 17.6 Å². The Balaban J connectivity index is 1.50. The van der Waals surface area contributed by atoms with Gasteiger partial charge in [-0.2, -0.15) is 4.98 Å². The van der Waals surface area contributed by atoms with Crippen LogP contribution in [0.5, 0.6) is 0 Å². The van der Waals surface area contributed by atoms with Crippen LogP contribution in [0.1, 0.15) is 17.9 Å². The van der Waals surface area contributed by atoms with Crippen molar-refractivity contribution >= 4 is 5.91 Å². The van der Waals surface area contributed by atoms with Gasteiger partial charge in [0.1, 0.15) is 11.6 Å². The van der Waals surface area contributed by atoms with Crippen LogP contribution in [0.15, 0.2) is 53.1 Å². The second-order valence-corrected chi connectivity index (χ2v) is 5.43. The van der Waals surface area contributed by atoms with Crippen LogP contribution in [0, 0.1) is 11.6 Å². The fourth-order valence-corrected chi connectivity index (χ4v) is 2.26. The third kappa shape index (κ3) is 4.69. The van der Waals surface area contributed by atoms with Gasteiger partial charge < -0.3 is 9.84 Å². The highest BCUT2D eigenvalue weighted by molar-refractivity contribution is 5.76. The monoisotopic (exact) mass is 343 g/mol. The standard InChI is InChI=1S/C18H15F2N3O2/c19-14-7-5-13(6-8-14)18-22-17(25-23-18)11-21-16(24)9-4-12-2-1-3-15(20)10-12/h1-3,5-8,10H,4,9,11H2,(H,21,24). The summed E-state index contributed by atoms with van der Waals surface area (Å²) in [6, 6.07) is 11.8. The first-order chi connectivity index (χ1) is 12.1. The van der Waals surface area contributed by atoms with E-state index in [0.717, 1.165) is 5.56 Å². The van der Waals surface area contributed by atoms with Crippen molar-refractivity contribution in [2.75, 3.05) is 0 Å². The molecule has 1 aromatic heterocycles. The summed E-state index contributed by atoms with van der Waals surface area (Å²) in [6.45, 7) is 0.0934. The number of hydrogen-bond acceptors (Lipinski definition) is 4. The van der Waals surface area contributed by atoms with Crippen molar-refractivity contribution < 1.29 is 18.1 Å². The topological polar surface area (TPSA) is 68.0 Å². The first-order valence-electron chi connectivity index (χ1n) is 7.70. The zero-order chi connectivity index (χ0) is 17.6. The van der Waals surface area contributed by atoms with E-state index in [2.05, 4.69) is 15.5 Å². The van der Waals surface area contributed by atoms with Crippen LogP contribution in [-0.2, 0) is 17.8 Å². The zero-order valence-corrected chi connectivity index (χ0v) is 13.2. The van der Waals surface area contributed by atoms with E-state index in [0.29, 0.717) is 17.8 Å². The lowest BCUT2D eigenvalue weighted by Gasteiger charge is -2.03. The Kier molecular flexibility index (Phi) is 5.13. The minimum absolute atomic E-state index is 0.0934. The lowest BCUT2D eigenvalue weighted by Crippen LogP contribution is -2.23. The van der Waals surface area contributed by atoms with Crippen molar-refractivity contribution in [3.8, 4) is 11.4 Å². The second-order valence-electron chi connectivity index (χ2n) is 5.43. The molecule has 3 aromatic rings. The smallest absolute Gasteiger partial charge is 0.246 e. The van der Waals surface area contributed by atoms with Crippen molar-refractivity contribution in [3.63, 3.8) is 0 Å². The molecule has 2 aromatic carbocycles. The molecule has 128 valence electrons. The van der Waals surface area contributed by atoms with Crippen LogP contribution in [0.4, 0.5) is 8.78 Å². The van der Waals surface area contributed by atoms with E-state index in [1.165, 1.54) is 24.3 Å². The molecule has 3 rings (SSSR count). The van der Waals surface area contributed by atoms with Crippen LogP contribution in [0.3, 0.4) is 0 Å². The van der Waals surface area contributed by atoms with Crippen LogP contribution in [-0.4, -0.2) is 16.0 Å². The fourth-order valence-electron chi connectivity index (χ4n) is 2.26. The van der Waals surface area contributed by atoms with Gasteiger partial charge in [-0.3, -0.25) is 4.79 Å². The largest absolute Gasteiger partial charge is 0.347 e. The average molecular weight is 343 g/mol. The number of hydrogen-bond donors (Lipinski definition) is 1. The Hall–Kier alpha value is -3.09. The summed E-state index contributed by atoms with van der Waals surface area (Å²) in [7, 11) is 0. The first-order valence-corrected chi connectivity index (χ1v) is 7.70. The number of carbonyl (C=O) groups is 1. The fraction of sp³-hybridized carbons (Fsp3) is 0.167. The number of aromatic nitrogens is 2. The maximum atomic E-state index is 13.1. The minimum Gasteiger partial charge on any atom is -0.347 e. The Bertz CT molecular complexity index is 863. The van der Waals surface area contributed by atoms with Crippen LogP contribution < -0.4 is 5.32 Å². The van der Waals surface area contributed by atoms with E-state index < -0.39 is 0 Å². The van der Waals surface area contributed by atoms with Gasteiger partial charge in [-0.1, -0.05) is 17.3 Å². The van der Waals surface area contributed by atoms with Gasteiger partial charge in [0.25, 0.3) is 0 Å². The molecule has 7 heteroatoms. The Labute approximate surface area is 142 Å². The first kappa shape index (κ1) is 16.8. The molecule has 1 heterocycles. The number of rotatable bonds is 6. The van der Waals surface area contributed by atoms with Gasteiger partial charge in [-0.05, 0) is 48.4 Å². The number of benzene rings is 2. The normalized spacial score (nSPS) is 10.6. The predicted molar refractivity (Wildman–Crippen MR) is 86.3 cm³/mol. The SMILES string of the molecule is O=C(CCc1cccc(F)c1)NCc1nc(-c2ccc(F)cc2)no1. The van der Waals surface area contributed by atoms with Gasteiger partial charge in [0, 0.05) is 12.0 Å². The average Bonchev–Trinajstić information content (AvgIpc) is 3.08. The summed E-state index contributed by atoms with van der Waals surface area (Å²) < 4.78 is 31.0. The van der Waals surface area contributed by atoms with Gasteiger partial charge in [-0.25, -0.2) is 8.78 Å². The van der Waals surface area contributed by atoms with Crippen molar-refractivity contribution in [2.24, 2.45) is 0 Å². The number of amides is 1. The number of nitrogens with zero attached hydrogens (tertiary/aromatic N) is 2. The molecule has 0 aliphatic rings. The van der Waals surface area contributed by atoms with E-state index in [1.807, 2.05) is 0 Å². The number of aryl methyl sites for hydroxylation is 1. The zero-order valence-electron chi connectivity index (χ0n) is 13.2. The van der Waals surface area contributed by atoms with E-state index in [4.69, 9.17) is 4.52 Å². The summed E-state index contributed by atoms with van der Waals surface area (Å²) in [4.78, 5) is 16.0. The van der Waals surface area contributed by atoms with Gasteiger partial charge in [0.05, 0.1) is 6.54 Å². The molecule has 0 fully saturated rings. The molecule has 0 aliphatic carbocycles. The van der Waals surface area contributed by atoms with Crippen LogP contribution in [0.25, 0.3) is 11.4 Å². The number of halogens is 2. The maximum absolute atomic E-state index is 13.1. The Morgan fingerprint density at radius 3 is 2.64 bits per heavy atom. The molecule has 0 saturated carbocycles. The van der Waals surface area contributed by atoms with E-state index in [9.17, 15) is 13.6 Å². The van der Waals surface area contributed by atoms with Crippen LogP contribution >= 0.6 is 0 Å². The Morgan fingerprint density at radius 1 is 1.08 bits per heavy atom. The highest BCUT2D eigenvalue weighted by atomic mass is 19.1. The summed E-state index contributed by atoms with van der Waals surface area (Å²) in [5.41, 5.74) is 1.38. The third-order valence-electron chi connectivity index (χ3n) is 3.54. The molecule has 0 spiro atoms. The van der Waals surface area contributed by atoms with Crippen molar-refractivity contribution in [3.05, 3.63) is 71.6 Å². The van der Waals surface area contributed by atoms with Crippen molar-refractivity contribution in [2.45, 2.75) is 19.4 Å². The molecular weight excluding hydrogens is 328 g/mol. The van der Waals surface area contributed by atoms with Crippen molar-refractivity contribution in [1.29, 1.82) is 0 Å². The predicted octanol–water partition coefficient (Wildman–Crippen LogP) is 3.26. The molecule has 1 amide bonds. The molecular formula is C18H15F2N3O2. The van der Waals surface area contributed by atoms with Gasteiger partial charge in [-0.15, -0.1) is 0 Å². The molecule has 0 atom stereocenters. The molecule has 0 unspecified atom stereocenters. The lowest BCUT2D eigenvalue weighted by atomic mass is 10.1.